The molecule has 0 aliphatic rings. The van der Waals surface area contributed by atoms with Crippen molar-refractivity contribution in [3.05, 3.63) is 70.5 Å². The molecule has 2 aromatic rings. The number of amides is 1. The highest BCUT2D eigenvalue weighted by Crippen LogP contribution is 2.29. The molecule has 11 heteroatoms. The van der Waals surface area contributed by atoms with Gasteiger partial charge < -0.3 is 16.0 Å². The van der Waals surface area contributed by atoms with E-state index in [0.29, 0.717) is 5.56 Å². The number of aromatic nitrogens is 1. The molecule has 0 atom stereocenters. The molecule has 0 spiro atoms. The number of carbonyl (C=O) groups is 1. The Bertz CT molecular complexity index is 1000. The van der Waals surface area contributed by atoms with Gasteiger partial charge in [0, 0.05) is 19.0 Å². The Hall–Kier alpha value is -3.53. The first kappa shape index (κ1) is 22.8. The van der Waals surface area contributed by atoms with E-state index in [1.165, 1.54) is 30.6 Å². The van der Waals surface area contributed by atoms with Crippen molar-refractivity contribution in [3.8, 4) is 0 Å². The summed E-state index contributed by atoms with van der Waals surface area (Å²) in [7, 11) is 0. The molecule has 2 rings (SSSR count). The fourth-order valence-corrected chi connectivity index (χ4v) is 2.55. The molecule has 0 saturated heterocycles. The largest absolute Gasteiger partial charge is 0.416 e. The monoisotopic (exact) mass is 436 g/mol. The Morgan fingerprint density at radius 1 is 1.17 bits per heavy atom. The van der Waals surface area contributed by atoms with Crippen molar-refractivity contribution in [1.82, 2.24) is 10.3 Å². The van der Waals surface area contributed by atoms with E-state index in [2.05, 4.69) is 15.6 Å². The number of hydrogen-bond acceptors (Lipinski definition) is 6. The van der Waals surface area contributed by atoms with Gasteiger partial charge in [0.25, 0.3) is 5.91 Å². The standard InChI is InChI=1S/C19H16ClF3N6O/c20-13-9-27-10-15(16(13)17(26)29-18(30)14(25)2-1-7-24)28-8-11-3-5-12(6-4-11)19(21,22)23/h1-7,9-10,24-25,28H,8H2,(H2,26,29,30)/b2-1-,24-7?,25-14?. The predicted octanol–water partition coefficient (Wildman–Crippen LogP) is 4.03. The van der Waals surface area contributed by atoms with Crippen LogP contribution in [0.25, 0.3) is 0 Å². The van der Waals surface area contributed by atoms with Gasteiger partial charge >= 0.3 is 6.18 Å². The van der Waals surface area contributed by atoms with Gasteiger partial charge in [-0.3, -0.25) is 20.6 Å². The van der Waals surface area contributed by atoms with E-state index < -0.39 is 29.2 Å². The SMILES string of the molecule is N=C/C=C\C(=N)C(=O)NC(=N)c1c(Cl)cncc1NCc1ccc(C(F)(F)F)cc1. The zero-order chi connectivity index (χ0) is 22.3. The van der Waals surface area contributed by atoms with Crippen LogP contribution in [0, 0.1) is 16.2 Å². The van der Waals surface area contributed by atoms with Crippen molar-refractivity contribution in [3.63, 3.8) is 0 Å². The number of anilines is 1. The summed E-state index contributed by atoms with van der Waals surface area (Å²) < 4.78 is 38.0. The number of amidine groups is 1. The molecule has 5 N–H and O–H groups in total. The Kier molecular flexibility index (Phi) is 7.43. The summed E-state index contributed by atoms with van der Waals surface area (Å²) in [6.07, 6.45) is 1.37. The fourth-order valence-electron chi connectivity index (χ4n) is 2.30. The van der Waals surface area contributed by atoms with Crippen LogP contribution < -0.4 is 10.6 Å². The van der Waals surface area contributed by atoms with Crippen molar-refractivity contribution < 1.29 is 18.0 Å². The number of benzene rings is 1. The lowest BCUT2D eigenvalue weighted by atomic mass is 10.1. The van der Waals surface area contributed by atoms with Crippen LogP contribution in [0.4, 0.5) is 18.9 Å². The third kappa shape index (κ3) is 5.98. The van der Waals surface area contributed by atoms with Crippen LogP contribution in [-0.4, -0.2) is 28.7 Å². The van der Waals surface area contributed by atoms with Gasteiger partial charge in [-0.05, 0) is 29.8 Å². The number of allylic oxidation sites excluding steroid dienone is 1. The van der Waals surface area contributed by atoms with Crippen LogP contribution in [0.3, 0.4) is 0 Å². The Morgan fingerprint density at radius 2 is 1.83 bits per heavy atom. The summed E-state index contributed by atoms with van der Waals surface area (Å²) in [5.74, 6) is -1.27. The summed E-state index contributed by atoms with van der Waals surface area (Å²) in [6, 6.07) is 4.56. The fraction of sp³-hybridized carbons (Fsp3) is 0.105. The average Bonchev–Trinajstić information content (AvgIpc) is 2.69. The van der Waals surface area contributed by atoms with Gasteiger partial charge in [0.1, 0.15) is 11.5 Å². The summed E-state index contributed by atoms with van der Waals surface area (Å²) in [5.41, 5.74) is -0.305. The lowest BCUT2D eigenvalue weighted by Crippen LogP contribution is -2.35. The molecule has 1 amide bonds. The van der Waals surface area contributed by atoms with Gasteiger partial charge in [0.15, 0.2) is 0 Å². The molecule has 7 nitrogen and oxygen atoms in total. The normalized spacial score (nSPS) is 11.2. The van der Waals surface area contributed by atoms with Gasteiger partial charge in [-0.2, -0.15) is 13.2 Å². The number of nitrogens with zero attached hydrogens (tertiary/aromatic N) is 1. The molecule has 1 aromatic carbocycles. The van der Waals surface area contributed by atoms with Crippen molar-refractivity contribution in [2.24, 2.45) is 0 Å². The molecule has 156 valence electrons. The minimum Gasteiger partial charge on any atom is -0.379 e. The molecule has 0 aliphatic carbocycles. The van der Waals surface area contributed by atoms with E-state index >= 15 is 0 Å². The Labute approximate surface area is 174 Å². The Morgan fingerprint density at radius 3 is 2.43 bits per heavy atom. The quantitative estimate of drug-likeness (QED) is 0.332. The van der Waals surface area contributed by atoms with Gasteiger partial charge in [0.2, 0.25) is 0 Å². The molecular formula is C19H16ClF3N6O. The maximum atomic E-state index is 12.7. The second-order valence-corrected chi connectivity index (χ2v) is 6.27. The number of hydrogen-bond donors (Lipinski definition) is 5. The van der Waals surface area contributed by atoms with Crippen LogP contribution in [0.15, 0.2) is 48.8 Å². The number of rotatable bonds is 7. The number of nitrogens with one attached hydrogen (secondary N) is 5. The van der Waals surface area contributed by atoms with E-state index in [4.69, 9.17) is 27.8 Å². The maximum absolute atomic E-state index is 12.7. The zero-order valence-corrected chi connectivity index (χ0v) is 16.0. The number of carbonyl (C=O) groups excluding carboxylic acids is 1. The van der Waals surface area contributed by atoms with Gasteiger partial charge in [-0.25, -0.2) is 0 Å². The smallest absolute Gasteiger partial charge is 0.379 e. The molecule has 1 heterocycles. The van der Waals surface area contributed by atoms with Crippen LogP contribution >= 0.6 is 11.6 Å². The topological polar surface area (TPSA) is 126 Å². The Balaban J connectivity index is 2.15. The predicted molar refractivity (Wildman–Crippen MR) is 109 cm³/mol. The first-order valence-corrected chi connectivity index (χ1v) is 8.70. The molecule has 0 bridgehead atoms. The van der Waals surface area contributed by atoms with Gasteiger partial charge in [-0.15, -0.1) is 0 Å². The molecule has 1 aromatic heterocycles. The van der Waals surface area contributed by atoms with Crippen molar-refractivity contribution >= 4 is 41.0 Å². The first-order chi connectivity index (χ1) is 14.1. The van der Waals surface area contributed by atoms with Crippen LogP contribution in [0.1, 0.15) is 16.7 Å². The van der Waals surface area contributed by atoms with Gasteiger partial charge in [-0.1, -0.05) is 23.7 Å². The highest BCUT2D eigenvalue weighted by atomic mass is 35.5. The highest BCUT2D eigenvalue weighted by Gasteiger charge is 2.29. The molecule has 0 unspecified atom stereocenters. The summed E-state index contributed by atoms with van der Waals surface area (Å²) in [5, 5.41) is 27.8. The van der Waals surface area contributed by atoms with E-state index in [0.717, 1.165) is 24.4 Å². The first-order valence-electron chi connectivity index (χ1n) is 8.33. The summed E-state index contributed by atoms with van der Waals surface area (Å²) in [4.78, 5) is 15.9. The molecule has 0 radical (unpaired) electrons. The molecule has 30 heavy (non-hydrogen) atoms. The number of halogens is 4. The van der Waals surface area contributed by atoms with E-state index in [1.807, 2.05) is 0 Å². The second kappa shape index (κ2) is 9.79. The van der Waals surface area contributed by atoms with E-state index in [9.17, 15) is 18.0 Å². The molecule has 0 aliphatic heterocycles. The average molecular weight is 437 g/mol. The molecule has 0 saturated carbocycles. The third-order valence-electron chi connectivity index (χ3n) is 3.76. The highest BCUT2D eigenvalue weighted by molar-refractivity contribution is 6.45. The van der Waals surface area contributed by atoms with Crippen molar-refractivity contribution in [2.75, 3.05) is 5.32 Å². The lowest BCUT2D eigenvalue weighted by Gasteiger charge is -2.15. The summed E-state index contributed by atoms with van der Waals surface area (Å²) >= 11 is 6.11. The second-order valence-electron chi connectivity index (χ2n) is 5.86. The minimum absolute atomic E-state index is 0.0549. The third-order valence-corrected chi connectivity index (χ3v) is 4.04. The van der Waals surface area contributed by atoms with E-state index in [-0.39, 0.29) is 22.8 Å². The maximum Gasteiger partial charge on any atom is 0.416 e. The zero-order valence-electron chi connectivity index (χ0n) is 15.3. The van der Waals surface area contributed by atoms with Crippen molar-refractivity contribution in [1.29, 1.82) is 16.2 Å². The van der Waals surface area contributed by atoms with Gasteiger partial charge in [0.05, 0.1) is 28.0 Å². The lowest BCUT2D eigenvalue weighted by molar-refractivity contribution is -0.137. The number of alkyl halides is 3. The summed E-state index contributed by atoms with van der Waals surface area (Å²) in [6.45, 7) is 0.117. The van der Waals surface area contributed by atoms with Crippen LogP contribution in [-0.2, 0) is 17.5 Å². The minimum atomic E-state index is -4.43. The van der Waals surface area contributed by atoms with Crippen LogP contribution in [0.5, 0.6) is 0 Å². The van der Waals surface area contributed by atoms with E-state index in [1.54, 1.807) is 0 Å². The number of pyridine rings is 1. The molecule has 0 fully saturated rings. The molecular weight excluding hydrogens is 421 g/mol. The van der Waals surface area contributed by atoms with Crippen LogP contribution in [0.2, 0.25) is 5.02 Å². The van der Waals surface area contributed by atoms with Crippen molar-refractivity contribution in [2.45, 2.75) is 12.7 Å².